The van der Waals surface area contributed by atoms with Gasteiger partial charge in [0, 0.05) is 37.5 Å². The summed E-state index contributed by atoms with van der Waals surface area (Å²) >= 11 is 0. The Kier molecular flexibility index (Phi) is 5.96. The molecule has 0 fully saturated rings. The molecule has 3 nitrogen and oxygen atoms in total. The van der Waals surface area contributed by atoms with E-state index in [1.165, 1.54) is 11.1 Å². The van der Waals surface area contributed by atoms with E-state index in [4.69, 9.17) is 5.11 Å². The fraction of sp³-hybridized carbons (Fsp3) is 0.278. The molecule has 2 rings (SSSR count). The van der Waals surface area contributed by atoms with Crippen LogP contribution in [0.15, 0.2) is 48.8 Å². The normalized spacial score (nSPS) is 10.2. The topological polar surface area (TPSA) is 36.4 Å². The molecular weight excluding hydrogens is 260 g/mol. The molecule has 0 unspecified atom stereocenters. The van der Waals surface area contributed by atoms with Gasteiger partial charge in [-0.25, -0.2) is 0 Å². The first kappa shape index (κ1) is 15.2. The second-order valence-electron chi connectivity index (χ2n) is 5.00. The lowest BCUT2D eigenvalue weighted by Gasteiger charge is -2.16. The fourth-order valence-electron chi connectivity index (χ4n) is 2.08. The summed E-state index contributed by atoms with van der Waals surface area (Å²) in [7, 11) is 2.11. The average molecular weight is 280 g/mol. The van der Waals surface area contributed by atoms with E-state index in [0.29, 0.717) is 6.42 Å². The number of hydrogen-bond donors (Lipinski definition) is 1. The molecule has 0 aliphatic heterocycles. The lowest BCUT2D eigenvalue weighted by atomic mass is 10.1. The van der Waals surface area contributed by atoms with Crippen LogP contribution in [0.25, 0.3) is 0 Å². The van der Waals surface area contributed by atoms with E-state index in [0.717, 1.165) is 18.7 Å². The van der Waals surface area contributed by atoms with E-state index in [1.54, 1.807) is 0 Å². The van der Waals surface area contributed by atoms with Crippen molar-refractivity contribution >= 4 is 0 Å². The molecule has 3 heteroatoms. The van der Waals surface area contributed by atoms with Crippen molar-refractivity contribution in [3.63, 3.8) is 0 Å². The first-order valence-corrected chi connectivity index (χ1v) is 7.04. The Bertz CT molecular complexity index is 597. The molecule has 0 spiro atoms. The Hall–Kier alpha value is -2.15. The summed E-state index contributed by atoms with van der Waals surface area (Å²) < 4.78 is 0. The van der Waals surface area contributed by atoms with Crippen molar-refractivity contribution in [1.82, 2.24) is 9.88 Å². The minimum Gasteiger partial charge on any atom is -0.395 e. The third-order valence-corrected chi connectivity index (χ3v) is 3.08. The van der Waals surface area contributed by atoms with Crippen molar-refractivity contribution in [2.75, 3.05) is 13.7 Å². The molecule has 0 atom stereocenters. The predicted octanol–water partition coefficient (Wildman–Crippen LogP) is 2.45. The molecule has 0 radical (unpaired) electrons. The number of hydrogen-bond acceptors (Lipinski definition) is 3. The summed E-state index contributed by atoms with van der Waals surface area (Å²) in [6, 6.07) is 12.3. The highest BCUT2D eigenvalue weighted by atomic mass is 16.2. The van der Waals surface area contributed by atoms with Crippen molar-refractivity contribution in [1.29, 1.82) is 0 Å². The summed E-state index contributed by atoms with van der Waals surface area (Å²) in [6.45, 7) is 1.91. The molecular formula is C18H20N2O. The zero-order valence-corrected chi connectivity index (χ0v) is 12.3. The van der Waals surface area contributed by atoms with E-state index >= 15 is 0 Å². The summed E-state index contributed by atoms with van der Waals surface area (Å²) in [5.41, 5.74) is 3.52. The van der Waals surface area contributed by atoms with E-state index in [-0.39, 0.29) is 6.61 Å². The molecule has 0 saturated carbocycles. The Morgan fingerprint density at radius 3 is 2.24 bits per heavy atom. The minimum absolute atomic E-state index is 0.116. The van der Waals surface area contributed by atoms with E-state index in [9.17, 15) is 0 Å². The molecule has 108 valence electrons. The van der Waals surface area contributed by atoms with E-state index in [2.05, 4.69) is 40.9 Å². The van der Waals surface area contributed by atoms with Crippen molar-refractivity contribution < 1.29 is 5.11 Å². The smallest absolute Gasteiger partial charge is 0.0540 e. The average Bonchev–Trinajstić information content (AvgIpc) is 2.50. The van der Waals surface area contributed by atoms with Crippen LogP contribution in [0, 0.1) is 11.8 Å². The Morgan fingerprint density at radius 2 is 1.62 bits per heavy atom. The van der Waals surface area contributed by atoms with Gasteiger partial charge in [0.15, 0.2) is 0 Å². The standard InChI is InChI=1S/C18H20N2O/c1-20(15-18-9-11-19-12-10-18)14-17-7-5-16(6-8-17)4-2-3-13-21/h5-12,21H,3,13-15H2,1H3. The molecule has 1 N–H and O–H groups in total. The zero-order chi connectivity index (χ0) is 14.9. The number of aliphatic hydroxyl groups excluding tert-OH is 1. The van der Waals surface area contributed by atoms with Gasteiger partial charge in [-0.1, -0.05) is 24.0 Å². The van der Waals surface area contributed by atoms with E-state index < -0.39 is 0 Å². The molecule has 1 aromatic carbocycles. The van der Waals surface area contributed by atoms with Crippen LogP contribution < -0.4 is 0 Å². The number of rotatable bonds is 5. The summed E-state index contributed by atoms with van der Waals surface area (Å²) in [4.78, 5) is 6.30. The van der Waals surface area contributed by atoms with Crippen LogP contribution in [-0.4, -0.2) is 28.6 Å². The third-order valence-electron chi connectivity index (χ3n) is 3.08. The second kappa shape index (κ2) is 8.21. The highest BCUT2D eigenvalue weighted by Gasteiger charge is 2.01. The highest BCUT2D eigenvalue weighted by molar-refractivity contribution is 5.36. The van der Waals surface area contributed by atoms with Gasteiger partial charge in [0.2, 0.25) is 0 Å². The molecule has 1 heterocycles. The van der Waals surface area contributed by atoms with Crippen molar-refractivity contribution in [3.8, 4) is 11.8 Å². The Morgan fingerprint density at radius 1 is 1.00 bits per heavy atom. The van der Waals surface area contributed by atoms with Crippen molar-refractivity contribution in [3.05, 3.63) is 65.5 Å². The van der Waals surface area contributed by atoms with Gasteiger partial charge in [-0.15, -0.1) is 0 Å². The SMILES string of the molecule is CN(Cc1ccncc1)Cc1ccc(C#CCCO)cc1. The van der Waals surface area contributed by atoms with Gasteiger partial charge in [0.05, 0.1) is 6.61 Å². The van der Waals surface area contributed by atoms with Crippen LogP contribution in [0.4, 0.5) is 0 Å². The monoisotopic (exact) mass is 280 g/mol. The van der Waals surface area contributed by atoms with Crippen LogP contribution >= 0.6 is 0 Å². The first-order valence-electron chi connectivity index (χ1n) is 7.04. The summed E-state index contributed by atoms with van der Waals surface area (Å²) in [6.07, 6.45) is 4.17. The lowest BCUT2D eigenvalue weighted by molar-refractivity contribution is 0.305. The second-order valence-corrected chi connectivity index (χ2v) is 5.00. The summed E-state index contributed by atoms with van der Waals surface area (Å²) in [5, 5.41) is 8.70. The highest BCUT2D eigenvalue weighted by Crippen LogP contribution is 2.09. The molecule has 0 aliphatic rings. The van der Waals surface area contributed by atoms with Gasteiger partial charge in [-0.2, -0.15) is 0 Å². The maximum Gasteiger partial charge on any atom is 0.0540 e. The maximum absolute atomic E-state index is 8.70. The van der Waals surface area contributed by atoms with Gasteiger partial charge in [0.1, 0.15) is 0 Å². The predicted molar refractivity (Wildman–Crippen MR) is 84.4 cm³/mol. The first-order chi connectivity index (χ1) is 10.3. The van der Waals surface area contributed by atoms with E-state index in [1.807, 2.05) is 36.7 Å². The minimum atomic E-state index is 0.116. The van der Waals surface area contributed by atoms with Crippen LogP contribution in [-0.2, 0) is 13.1 Å². The van der Waals surface area contributed by atoms with Gasteiger partial charge in [-0.3, -0.25) is 9.88 Å². The molecule has 1 aromatic heterocycles. The van der Waals surface area contributed by atoms with Crippen LogP contribution in [0.3, 0.4) is 0 Å². The van der Waals surface area contributed by atoms with Gasteiger partial charge in [-0.05, 0) is 42.4 Å². The number of pyridine rings is 1. The molecule has 0 amide bonds. The summed E-state index contributed by atoms with van der Waals surface area (Å²) in [5.74, 6) is 5.96. The lowest BCUT2D eigenvalue weighted by Crippen LogP contribution is -2.17. The Labute approximate surface area is 126 Å². The quantitative estimate of drug-likeness (QED) is 0.855. The van der Waals surface area contributed by atoms with Gasteiger partial charge >= 0.3 is 0 Å². The number of aliphatic hydroxyl groups is 1. The molecule has 0 saturated heterocycles. The van der Waals surface area contributed by atoms with Crippen LogP contribution in [0.5, 0.6) is 0 Å². The molecule has 21 heavy (non-hydrogen) atoms. The zero-order valence-electron chi connectivity index (χ0n) is 12.3. The number of benzene rings is 1. The molecule has 0 bridgehead atoms. The maximum atomic E-state index is 8.70. The van der Waals surface area contributed by atoms with Gasteiger partial charge < -0.3 is 5.11 Å². The third kappa shape index (κ3) is 5.39. The Balaban J connectivity index is 1.90. The van der Waals surface area contributed by atoms with Crippen LogP contribution in [0.2, 0.25) is 0 Å². The fourth-order valence-corrected chi connectivity index (χ4v) is 2.08. The van der Waals surface area contributed by atoms with Crippen molar-refractivity contribution in [2.45, 2.75) is 19.5 Å². The van der Waals surface area contributed by atoms with Gasteiger partial charge in [0.25, 0.3) is 0 Å². The number of aromatic nitrogens is 1. The molecule has 2 aromatic rings. The van der Waals surface area contributed by atoms with Crippen molar-refractivity contribution in [2.24, 2.45) is 0 Å². The molecule has 0 aliphatic carbocycles. The number of nitrogens with zero attached hydrogens (tertiary/aromatic N) is 2. The van der Waals surface area contributed by atoms with Crippen LogP contribution in [0.1, 0.15) is 23.1 Å². The largest absolute Gasteiger partial charge is 0.395 e.